The van der Waals surface area contributed by atoms with Crippen LogP contribution in [0.15, 0.2) is 24.3 Å². The van der Waals surface area contributed by atoms with Crippen molar-refractivity contribution in [3.05, 3.63) is 35.4 Å². The molecule has 98 valence electrons. The first-order valence-corrected chi connectivity index (χ1v) is 6.74. The van der Waals surface area contributed by atoms with Crippen molar-refractivity contribution in [2.24, 2.45) is 5.41 Å². The SMILES string of the molecule is CCc1ccc(C(C)NCC#CC(C)(C)C)cc1. The van der Waals surface area contributed by atoms with E-state index in [1.54, 1.807) is 0 Å². The molecule has 0 aliphatic rings. The van der Waals surface area contributed by atoms with Gasteiger partial charge in [0.15, 0.2) is 0 Å². The first-order valence-electron chi connectivity index (χ1n) is 6.74. The average molecular weight is 243 g/mol. The van der Waals surface area contributed by atoms with Gasteiger partial charge in [0.05, 0.1) is 6.54 Å². The van der Waals surface area contributed by atoms with Gasteiger partial charge >= 0.3 is 0 Å². The Hall–Kier alpha value is -1.26. The highest BCUT2D eigenvalue weighted by atomic mass is 14.9. The van der Waals surface area contributed by atoms with E-state index in [0.29, 0.717) is 6.04 Å². The van der Waals surface area contributed by atoms with E-state index in [1.807, 2.05) is 0 Å². The van der Waals surface area contributed by atoms with Crippen LogP contribution in [0.4, 0.5) is 0 Å². The summed E-state index contributed by atoms with van der Waals surface area (Å²) in [7, 11) is 0. The molecule has 0 saturated carbocycles. The van der Waals surface area contributed by atoms with Crippen molar-refractivity contribution in [1.82, 2.24) is 5.32 Å². The third-order valence-corrected chi connectivity index (χ3v) is 2.85. The molecule has 0 aliphatic carbocycles. The third kappa shape index (κ3) is 5.38. The monoisotopic (exact) mass is 243 g/mol. The van der Waals surface area contributed by atoms with E-state index in [-0.39, 0.29) is 5.41 Å². The molecule has 0 saturated heterocycles. The molecule has 1 aromatic carbocycles. The lowest BCUT2D eigenvalue weighted by Crippen LogP contribution is -2.19. The number of benzene rings is 1. The third-order valence-electron chi connectivity index (χ3n) is 2.85. The molecular formula is C17H25N. The van der Waals surface area contributed by atoms with Gasteiger partial charge in [-0.1, -0.05) is 43.0 Å². The molecule has 1 aromatic rings. The van der Waals surface area contributed by atoms with Gasteiger partial charge in [-0.25, -0.2) is 0 Å². The molecule has 1 rings (SSSR count). The maximum Gasteiger partial charge on any atom is 0.0581 e. The van der Waals surface area contributed by atoms with E-state index in [4.69, 9.17) is 0 Å². The first kappa shape index (κ1) is 14.8. The number of hydrogen-bond donors (Lipinski definition) is 1. The minimum atomic E-state index is 0.0910. The summed E-state index contributed by atoms with van der Waals surface area (Å²) < 4.78 is 0. The maximum absolute atomic E-state index is 3.44. The van der Waals surface area contributed by atoms with Gasteiger partial charge in [0.1, 0.15) is 0 Å². The highest BCUT2D eigenvalue weighted by molar-refractivity contribution is 5.24. The Balaban J connectivity index is 2.49. The Bertz CT molecular complexity index is 412. The zero-order chi connectivity index (χ0) is 13.6. The van der Waals surface area contributed by atoms with E-state index < -0.39 is 0 Å². The fraction of sp³-hybridized carbons (Fsp3) is 0.529. The van der Waals surface area contributed by atoms with Crippen LogP contribution in [0.1, 0.15) is 51.8 Å². The number of hydrogen-bond acceptors (Lipinski definition) is 1. The van der Waals surface area contributed by atoms with Gasteiger partial charge in [-0.3, -0.25) is 5.32 Å². The Morgan fingerprint density at radius 1 is 1.17 bits per heavy atom. The summed E-state index contributed by atoms with van der Waals surface area (Å²) in [6.07, 6.45) is 1.10. The highest BCUT2D eigenvalue weighted by Gasteiger charge is 2.04. The molecule has 0 amide bonds. The molecule has 0 aromatic heterocycles. The molecule has 1 nitrogen and oxygen atoms in total. The van der Waals surface area contributed by atoms with Crippen molar-refractivity contribution in [2.75, 3.05) is 6.54 Å². The lowest BCUT2D eigenvalue weighted by Gasteiger charge is -2.13. The molecule has 18 heavy (non-hydrogen) atoms. The van der Waals surface area contributed by atoms with Crippen LogP contribution < -0.4 is 5.32 Å². The van der Waals surface area contributed by atoms with Crippen LogP contribution in [0.5, 0.6) is 0 Å². The van der Waals surface area contributed by atoms with Crippen LogP contribution >= 0.6 is 0 Å². The second-order valence-corrected chi connectivity index (χ2v) is 5.75. The fourth-order valence-corrected chi connectivity index (χ4v) is 1.67. The Morgan fingerprint density at radius 3 is 2.28 bits per heavy atom. The van der Waals surface area contributed by atoms with E-state index in [1.165, 1.54) is 11.1 Å². The molecule has 0 aliphatic heterocycles. The zero-order valence-corrected chi connectivity index (χ0v) is 12.3. The summed E-state index contributed by atoms with van der Waals surface area (Å²) >= 11 is 0. The maximum atomic E-state index is 3.44. The molecule has 1 atom stereocenters. The molecule has 0 fully saturated rings. The quantitative estimate of drug-likeness (QED) is 0.790. The van der Waals surface area contributed by atoms with Gasteiger partial charge in [0.25, 0.3) is 0 Å². The van der Waals surface area contributed by atoms with Crippen LogP contribution in [0.3, 0.4) is 0 Å². The summed E-state index contributed by atoms with van der Waals surface area (Å²) in [6.45, 7) is 11.5. The van der Waals surface area contributed by atoms with E-state index in [0.717, 1.165) is 13.0 Å². The Labute approximate surface area is 112 Å². The Morgan fingerprint density at radius 2 is 1.78 bits per heavy atom. The van der Waals surface area contributed by atoms with Crippen molar-refractivity contribution >= 4 is 0 Å². The summed E-state index contributed by atoms with van der Waals surface area (Å²) in [6, 6.07) is 9.16. The molecule has 1 unspecified atom stereocenters. The number of aryl methyl sites for hydroxylation is 1. The second kappa shape index (κ2) is 6.61. The van der Waals surface area contributed by atoms with E-state index in [9.17, 15) is 0 Å². The molecular weight excluding hydrogens is 218 g/mol. The molecule has 0 radical (unpaired) electrons. The average Bonchev–Trinajstić information content (AvgIpc) is 2.33. The van der Waals surface area contributed by atoms with Gasteiger partial charge < -0.3 is 0 Å². The van der Waals surface area contributed by atoms with Crippen molar-refractivity contribution in [2.45, 2.75) is 47.1 Å². The van der Waals surface area contributed by atoms with Gasteiger partial charge in [-0.05, 0) is 45.2 Å². The second-order valence-electron chi connectivity index (χ2n) is 5.75. The van der Waals surface area contributed by atoms with Crippen molar-refractivity contribution in [1.29, 1.82) is 0 Å². The summed E-state index contributed by atoms with van der Waals surface area (Å²) in [4.78, 5) is 0. The van der Waals surface area contributed by atoms with Gasteiger partial charge in [0.2, 0.25) is 0 Å². The molecule has 0 bridgehead atoms. The van der Waals surface area contributed by atoms with Crippen LogP contribution in [-0.4, -0.2) is 6.54 Å². The summed E-state index contributed by atoms with van der Waals surface area (Å²) in [5.74, 6) is 6.42. The number of nitrogens with one attached hydrogen (secondary N) is 1. The smallest absolute Gasteiger partial charge is 0.0581 e. The number of rotatable bonds is 4. The topological polar surface area (TPSA) is 12.0 Å². The van der Waals surface area contributed by atoms with E-state index in [2.05, 4.69) is 76.0 Å². The van der Waals surface area contributed by atoms with Gasteiger partial charge in [-0.2, -0.15) is 0 Å². The van der Waals surface area contributed by atoms with Crippen LogP contribution in [0, 0.1) is 17.3 Å². The summed E-state index contributed by atoms with van der Waals surface area (Å²) in [5, 5.41) is 3.44. The minimum Gasteiger partial charge on any atom is -0.300 e. The molecule has 0 spiro atoms. The van der Waals surface area contributed by atoms with Crippen LogP contribution in [0.25, 0.3) is 0 Å². The van der Waals surface area contributed by atoms with Crippen molar-refractivity contribution in [3.63, 3.8) is 0 Å². The van der Waals surface area contributed by atoms with Gasteiger partial charge in [0, 0.05) is 11.5 Å². The predicted molar refractivity (Wildman–Crippen MR) is 79.5 cm³/mol. The zero-order valence-electron chi connectivity index (χ0n) is 12.3. The molecule has 0 heterocycles. The van der Waals surface area contributed by atoms with Gasteiger partial charge in [-0.15, -0.1) is 0 Å². The minimum absolute atomic E-state index is 0.0910. The van der Waals surface area contributed by atoms with Crippen LogP contribution in [-0.2, 0) is 6.42 Å². The summed E-state index contributed by atoms with van der Waals surface area (Å²) in [5.41, 5.74) is 2.80. The standard InChI is InChI=1S/C17H25N/c1-6-15-8-10-16(11-9-15)14(2)18-13-7-12-17(3,4)5/h8-11,14,18H,6,13H2,1-5H3. The lowest BCUT2D eigenvalue weighted by molar-refractivity contribution is 0.568. The normalized spacial score (nSPS) is 12.7. The fourth-order valence-electron chi connectivity index (χ4n) is 1.67. The molecule has 1 heteroatoms. The van der Waals surface area contributed by atoms with Crippen LogP contribution in [0.2, 0.25) is 0 Å². The largest absolute Gasteiger partial charge is 0.300 e. The lowest BCUT2D eigenvalue weighted by atomic mass is 9.98. The van der Waals surface area contributed by atoms with E-state index >= 15 is 0 Å². The molecule has 1 N–H and O–H groups in total. The van der Waals surface area contributed by atoms with Crippen molar-refractivity contribution < 1.29 is 0 Å². The predicted octanol–water partition coefficient (Wildman–Crippen LogP) is 3.95. The Kier molecular flexibility index (Phi) is 5.44. The highest BCUT2D eigenvalue weighted by Crippen LogP contribution is 2.13. The first-order chi connectivity index (χ1) is 8.42. The van der Waals surface area contributed by atoms with Crippen molar-refractivity contribution in [3.8, 4) is 11.8 Å².